The monoisotopic (exact) mass is 557 g/mol. The first-order valence-corrected chi connectivity index (χ1v) is 15.0. The SMILES string of the molecule is CC1=CC[C@@H](C(=O)N(c2cc(C#CC(C)(C)C)sc2C(=O)O)C2CCC(O)(COC3CCOC3)CC2)C(C)C1. The Balaban J connectivity index is 1.62. The van der Waals surface area contributed by atoms with E-state index in [1.807, 2.05) is 20.8 Å². The molecule has 1 aliphatic heterocycles. The van der Waals surface area contributed by atoms with E-state index in [1.165, 1.54) is 5.57 Å². The maximum Gasteiger partial charge on any atom is 0.348 e. The summed E-state index contributed by atoms with van der Waals surface area (Å²) in [6.07, 6.45) is 6.61. The van der Waals surface area contributed by atoms with Gasteiger partial charge in [-0.3, -0.25) is 4.79 Å². The third kappa shape index (κ3) is 7.52. The molecule has 1 saturated carbocycles. The highest BCUT2D eigenvalue weighted by atomic mass is 32.1. The van der Waals surface area contributed by atoms with Gasteiger partial charge in [0.2, 0.25) is 5.91 Å². The Kier molecular flexibility index (Phi) is 9.27. The molecule has 0 aromatic carbocycles. The van der Waals surface area contributed by atoms with Gasteiger partial charge in [0.1, 0.15) is 4.88 Å². The zero-order valence-corrected chi connectivity index (χ0v) is 24.7. The molecular formula is C31H43NO6S. The number of carboxylic acids is 1. The highest BCUT2D eigenvalue weighted by Gasteiger charge is 2.42. The van der Waals surface area contributed by atoms with Crippen molar-refractivity contribution in [2.24, 2.45) is 17.3 Å². The van der Waals surface area contributed by atoms with E-state index >= 15 is 0 Å². The predicted molar refractivity (Wildman–Crippen MR) is 153 cm³/mol. The highest BCUT2D eigenvalue weighted by Crippen LogP contribution is 2.41. The van der Waals surface area contributed by atoms with E-state index in [4.69, 9.17) is 9.47 Å². The Morgan fingerprint density at radius 1 is 1.26 bits per heavy atom. The van der Waals surface area contributed by atoms with E-state index in [-0.39, 0.29) is 46.8 Å². The lowest BCUT2D eigenvalue weighted by Crippen LogP contribution is -2.51. The van der Waals surface area contributed by atoms with Crippen LogP contribution in [0.4, 0.5) is 5.69 Å². The fraction of sp³-hybridized carbons (Fsp3) is 0.677. The molecular weight excluding hydrogens is 514 g/mol. The lowest BCUT2D eigenvalue weighted by molar-refractivity contribution is -0.125. The maximum atomic E-state index is 14.2. The smallest absolute Gasteiger partial charge is 0.348 e. The summed E-state index contributed by atoms with van der Waals surface area (Å²) in [5.41, 5.74) is 0.531. The summed E-state index contributed by atoms with van der Waals surface area (Å²) in [6, 6.07) is 1.58. The van der Waals surface area contributed by atoms with Gasteiger partial charge in [0.25, 0.3) is 0 Å². The summed E-state index contributed by atoms with van der Waals surface area (Å²) >= 11 is 1.13. The zero-order chi connectivity index (χ0) is 28.4. The van der Waals surface area contributed by atoms with Crippen LogP contribution in [-0.4, -0.2) is 59.7 Å². The van der Waals surface area contributed by atoms with Crippen LogP contribution in [0.2, 0.25) is 0 Å². The predicted octanol–water partition coefficient (Wildman–Crippen LogP) is 5.65. The van der Waals surface area contributed by atoms with Crippen molar-refractivity contribution in [2.45, 2.75) is 97.3 Å². The Hall–Kier alpha value is -2.18. The number of ether oxygens (including phenoxy) is 2. The number of carboxylic acid groups (broad SMARTS) is 1. The van der Waals surface area contributed by atoms with Crippen LogP contribution in [-0.2, 0) is 14.3 Å². The number of hydrogen-bond acceptors (Lipinski definition) is 6. The first-order chi connectivity index (χ1) is 18.3. The van der Waals surface area contributed by atoms with Crippen molar-refractivity contribution in [3.63, 3.8) is 0 Å². The molecule has 2 N–H and O–H groups in total. The molecule has 0 spiro atoms. The van der Waals surface area contributed by atoms with Gasteiger partial charge < -0.3 is 24.6 Å². The first-order valence-electron chi connectivity index (χ1n) is 14.2. The van der Waals surface area contributed by atoms with Gasteiger partial charge >= 0.3 is 5.97 Å². The molecule has 214 valence electrons. The Morgan fingerprint density at radius 2 is 1.97 bits per heavy atom. The molecule has 2 aliphatic carbocycles. The molecule has 4 rings (SSSR count). The van der Waals surface area contributed by atoms with Gasteiger partial charge in [-0.2, -0.15) is 0 Å². The maximum absolute atomic E-state index is 14.2. The van der Waals surface area contributed by atoms with Gasteiger partial charge in [-0.05, 0) is 84.6 Å². The lowest BCUT2D eigenvalue weighted by atomic mass is 9.78. The quantitative estimate of drug-likeness (QED) is 0.332. The molecule has 39 heavy (non-hydrogen) atoms. The molecule has 2 fully saturated rings. The second-order valence-electron chi connectivity index (χ2n) is 12.7. The van der Waals surface area contributed by atoms with Crippen molar-refractivity contribution >= 4 is 28.9 Å². The number of carbonyl (C=O) groups excluding carboxylic acids is 1. The molecule has 2 unspecified atom stereocenters. The van der Waals surface area contributed by atoms with Crippen molar-refractivity contribution in [1.82, 2.24) is 0 Å². The Labute approximate surface area is 236 Å². The number of amides is 1. The van der Waals surface area contributed by atoms with Crippen LogP contribution in [0.5, 0.6) is 0 Å². The summed E-state index contributed by atoms with van der Waals surface area (Å²) in [5, 5.41) is 21.4. The standard InChI is InChI=1S/C31H43NO6S/c1-20-6-7-25(21(2)16-20)28(33)32(26-17-24(10-12-30(3,4)5)39-27(26)29(34)35)22-8-13-31(36,14-9-22)19-38-23-11-15-37-18-23/h6,17,21-23,25,36H,7-9,11,13-16,18-19H2,1-5H3,(H,34,35)/t21?,22?,23?,25-,31?/m1/s1. The summed E-state index contributed by atoms with van der Waals surface area (Å²) in [4.78, 5) is 29.2. The topological polar surface area (TPSA) is 96.3 Å². The van der Waals surface area contributed by atoms with E-state index in [9.17, 15) is 19.8 Å². The highest BCUT2D eigenvalue weighted by molar-refractivity contribution is 7.15. The number of aromatic carboxylic acids is 1. The molecule has 1 saturated heterocycles. The van der Waals surface area contributed by atoms with Gasteiger partial charge in [-0.1, -0.05) is 30.4 Å². The zero-order valence-electron chi connectivity index (χ0n) is 23.9. The Morgan fingerprint density at radius 3 is 2.56 bits per heavy atom. The average molecular weight is 558 g/mol. The first kappa shape index (κ1) is 29.8. The second kappa shape index (κ2) is 12.1. The van der Waals surface area contributed by atoms with E-state index in [0.717, 1.165) is 24.2 Å². The minimum atomic E-state index is -1.05. The summed E-state index contributed by atoms with van der Waals surface area (Å²) in [7, 11) is 0. The van der Waals surface area contributed by atoms with Crippen molar-refractivity contribution in [3.05, 3.63) is 27.5 Å². The van der Waals surface area contributed by atoms with Crippen molar-refractivity contribution < 1.29 is 29.3 Å². The van der Waals surface area contributed by atoms with Crippen LogP contribution >= 0.6 is 11.3 Å². The van der Waals surface area contributed by atoms with Crippen molar-refractivity contribution in [2.75, 3.05) is 24.7 Å². The summed E-state index contributed by atoms with van der Waals surface area (Å²) < 4.78 is 11.3. The molecule has 1 aromatic heterocycles. The van der Waals surface area contributed by atoms with Crippen LogP contribution in [0.15, 0.2) is 17.7 Å². The Bertz CT molecular complexity index is 1140. The van der Waals surface area contributed by atoms with E-state index in [2.05, 4.69) is 31.8 Å². The van der Waals surface area contributed by atoms with Crippen molar-refractivity contribution in [1.29, 1.82) is 0 Å². The number of thiophene rings is 1. The van der Waals surface area contributed by atoms with Gasteiger partial charge in [0, 0.05) is 24.0 Å². The molecule has 0 bridgehead atoms. The van der Waals surface area contributed by atoms with Crippen molar-refractivity contribution in [3.8, 4) is 11.8 Å². The summed E-state index contributed by atoms with van der Waals surface area (Å²) in [6.45, 7) is 11.7. The van der Waals surface area contributed by atoms with Gasteiger partial charge in [0.15, 0.2) is 0 Å². The molecule has 3 atom stereocenters. The van der Waals surface area contributed by atoms with E-state index in [1.54, 1.807) is 11.0 Å². The molecule has 1 aromatic rings. The molecule has 2 heterocycles. The second-order valence-corrected chi connectivity index (χ2v) is 13.7. The van der Waals surface area contributed by atoms with Gasteiger partial charge in [-0.15, -0.1) is 11.3 Å². The fourth-order valence-electron chi connectivity index (χ4n) is 5.80. The fourth-order valence-corrected chi connectivity index (χ4v) is 6.64. The third-order valence-electron chi connectivity index (χ3n) is 8.06. The number of rotatable bonds is 7. The molecule has 8 heteroatoms. The number of nitrogens with zero attached hydrogens (tertiary/aromatic N) is 1. The minimum Gasteiger partial charge on any atom is -0.477 e. The molecule has 1 amide bonds. The van der Waals surface area contributed by atoms with Crippen LogP contribution in [0.25, 0.3) is 0 Å². The van der Waals surface area contributed by atoms with Crippen LogP contribution in [0.1, 0.15) is 94.1 Å². The largest absolute Gasteiger partial charge is 0.477 e. The molecule has 0 radical (unpaired) electrons. The number of aliphatic hydroxyl groups is 1. The lowest BCUT2D eigenvalue weighted by Gasteiger charge is -2.42. The normalized spacial score (nSPS) is 29.3. The average Bonchev–Trinajstić information content (AvgIpc) is 3.53. The molecule has 3 aliphatic rings. The minimum absolute atomic E-state index is 0.0192. The number of hydrogen-bond donors (Lipinski definition) is 2. The van der Waals surface area contributed by atoms with Crippen LogP contribution in [0, 0.1) is 29.1 Å². The van der Waals surface area contributed by atoms with E-state index < -0.39 is 11.6 Å². The third-order valence-corrected chi connectivity index (χ3v) is 9.09. The molecule has 7 nitrogen and oxygen atoms in total. The van der Waals surface area contributed by atoms with Crippen LogP contribution in [0.3, 0.4) is 0 Å². The van der Waals surface area contributed by atoms with Gasteiger partial charge in [-0.25, -0.2) is 4.79 Å². The summed E-state index contributed by atoms with van der Waals surface area (Å²) in [5.74, 6) is 5.19. The van der Waals surface area contributed by atoms with Crippen LogP contribution < -0.4 is 4.90 Å². The van der Waals surface area contributed by atoms with Gasteiger partial charge in [0.05, 0.1) is 35.5 Å². The number of allylic oxidation sites excluding steroid dienone is 2. The van der Waals surface area contributed by atoms with E-state index in [0.29, 0.717) is 55.9 Å². The number of carbonyl (C=O) groups is 2. The number of anilines is 1.